The van der Waals surface area contributed by atoms with Gasteiger partial charge in [0.15, 0.2) is 5.75 Å². The second-order valence-corrected chi connectivity index (χ2v) is 4.96. The van der Waals surface area contributed by atoms with Crippen LogP contribution in [0.25, 0.3) is 0 Å². The minimum absolute atomic E-state index is 0.0107. The Bertz CT molecular complexity index is 530. The largest absolute Gasteiger partial charge is 0.483 e. The Morgan fingerprint density at radius 2 is 2.10 bits per heavy atom. The number of para-hydroxylation sites is 1. The Balaban J connectivity index is 2.14. The Hall–Kier alpha value is -2.13. The van der Waals surface area contributed by atoms with E-state index in [1.165, 1.54) is 12.1 Å². The molecule has 0 heterocycles. The van der Waals surface area contributed by atoms with E-state index in [2.05, 4.69) is 0 Å². The molecule has 0 radical (unpaired) electrons. The predicted octanol–water partition coefficient (Wildman–Crippen LogP) is 2.40. The van der Waals surface area contributed by atoms with Crippen LogP contribution in [0.1, 0.15) is 31.2 Å². The molecule has 0 atom stereocenters. The van der Waals surface area contributed by atoms with Crippen molar-refractivity contribution in [3.63, 3.8) is 0 Å². The maximum Gasteiger partial charge on any atom is 0.328 e. The zero-order chi connectivity index (χ0) is 14.5. The summed E-state index contributed by atoms with van der Waals surface area (Å²) in [5, 5.41) is 29.1. The molecule has 6 heteroatoms. The minimum Gasteiger partial charge on any atom is -0.483 e. The Morgan fingerprint density at radius 3 is 2.65 bits per heavy atom. The molecule has 1 saturated carbocycles. The van der Waals surface area contributed by atoms with E-state index in [9.17, 15) is 10.1 Å². The number of nitro benzene ring substituents is 1. The molecule has 0 aromatic heterocycles. The fourth-order valence-electron chi connectivity index (χ4n) is 2.51. The second kappa shape index (κ2) is 6.35. The van der Waals surface area contributed by atoms with Crippen LogP contribution in [-0.2, 0) is 0 Å². The highest BCUT2D eigenvalue weighted by molar-refractivity contribution is 5.58. The monoisotopic (exact) mass is 276 g/mol. The maximum absolute atomic E-state index is 11.1. The zero-order valence-corrected chi connectivity index (χ0v) is 11.0. The number of hydrogen-bond acceptors (Lipinski definition) is 5. The molecule has 1 aromatic carbocycles. The summed E-state index contributed by atoms with van der Waals surface area (Å²) in [4.78, 5) is 10.5. The van der Waals surface area contributed by atoms with Crippen molar-refractivity contribution in [2.24, 2.45) is 5.92 Å². The van der Waals surface area contributed by atoms with Crippen molar-refractivity contribution >= 4 is 5.69 Å². The number of benzene rings is 1. The van der Waals surface area contributed by atoms with Gasteiger partial charge in [-0.2, -0.15) is 5.26 Å². The van der Waals surface area contributed by atoms with Crippen molar-refractivity contribution in [3.05, 3.63) is 33.9 Å². The van der Waals surface area contributed by atoms with Gasteiger partial charge in [-0.3, -0.25) is 10.1 Å². The second-order valence-electron chi connectivity index (χ2n) is 4.96. The van der Waals surface area contributed by atoms with Crippen LogP contribution in [0.2, 0.25) is 0 Å². The third kappa shape index (κ3) is 3.06. The highest BCUT2D eigenvalue weighted by atomic mass is 16.6. The van der Waals surface area contributed by atoms with Crippen molar-refractivity contribution in [3.8, 4) is 11.8 Å². The van der Waals surface area contributed by atoms with E-state index >= 15 is 0 Å². The van der Waals surface area contributed by atoms with Crippen molar-refractivity contribution in [1.82, 2.24) is 0 Å². The van der Waals surface area contributed by atoms with Crippen LogP contribution >= 0.6 is 0 Å². The summed E-state index contributed by atoms with van der Waals surface area (Å²) in [6.07, 6.45) is 3.14. The first-order valence-corrected chi connectivity index (χ1v) is 6.60. The van der Waals surface area contributed by atoms with Gasteiger partial charge in [0.25, 0.3) is 0 Å². The molecule has 0 bridgehead atoms. The summed E-state index contributed by atoms with van der Waals surface area (Å²) >= 11 is 0. The Kier molecular flexibility index (Phi) is 4.53. The lowest BCUT2D eigenvalue weighted by Crippen LogP contribution is -2.25. The molecule has 1 aromatic rings. The molecule has 0 amide bonds. The van der Waals surface area contributed by atoms with Crippen LogP contribution in [0.3, 0.4) is 0 Å². The number of nitrogens with zero attached hydrogens (tertiary/aromatic N) is 2. The molecule has 20 heavy (non-hydrogen) atoms. The molecule has 2 rings (SSSR count). The molecule has 6 nitrogen and oxygen atoms in total. The summed E-state index contributed by atoms with van der Waals surface area (Å²) < 4.78 is 5.71. The zero-order valence-electron chi connectivity index (χ0n) is 11.0. The lowest BCUT2D eigenvalue weighted by Gasteiger charge is -2.27. The highest BCUT2D eigenvalue weighted by Crippen LogP contribution is 2.34. The predicted molar refractivity (Wildman–Crippen MR) is 71.3 cm³/mol. The van der Waals surface area contributed by atoms with Crippen molar-refractivity contribution in [1.29, 1.82) is 5.26 Å². The van der Waals surface area contributed by atoms with Gasteiger partial charge < -0.3 is 9.84 Å². The fraction of sp³-hybridized carbons (Fsp3) is 0.500. The van der Waals surface area contributed by atoms with Gasteiger partial charge in [0.1, 0.15) is 11.6 Å². The van der Waals surface area contributed by atoms with Crippen LogP contribution in [0, 0.1) is 27.4 Å². The third-order valence-electron chi connectivity index (χ3n) is 3.65. The summed E-state index contributed by atoms with van der Waals surface area (Å²) in [5.74, 6) is 0.455. The minimum atomic E-state index is -0.576. The standard InChI is InChI=1S/C14H16N2O4/c15-8-11-2-1-3-13(14(11)16(18)19)20-12-6-4-10(9-17)5-7-12/h1-3,10,12,17H,4-7,9H2. The quantitative estimate of drug-likeness (QED) is 0.672. The van der Waals surface area contributed by atoms with Gasteiger partial charge in [-0.25, -0.2) is 0 Å². The highest BCUT2D eigenvalue weighted by Gasteiger charge is 2.26. The normalized spacial score (nSPS) is 22.0. The molecule has 1 fully saturated rings. The van der Waals surface area contributed by atoms with Gasteiger partial charge in [0, 0.05) is 6.61 Å². The average molecular weight is 276 g/mol. The van der Waals surface area contributed by atoms with Crippen LogP contribution in [0.4, 0.5) is 5.69 Å². The van der Waals surface area contributed by atoms with E-state index in [-0.39, 0.29) is 29.7 Å². The SMILES string of the molecule is N#Cc1cccc(OC2CCC(CO)CC2)c1[N+](=O)[O-]. The van der Waals surface area contributed by atoms with Gasteiger partial charge in [-0.1, -0.05) is 6.07 Å². The molecule has 0 unspecified atom stereocenters. The van der Waals surface area contributed by atoms with Gasteiger partial charge >= 0.3 is 5.69 Å². The molecular weight excluding hydrogens is 260 g/mol. The van der Waals surface area contributed by atoms with Crippen molar-refractivity contribution < 1.29 is 14.8 Å². The summed E-state index contributed by atoms with van der Waals surface area (Å²) in [6, 6.07) is 6.33. The van der Waals surface area contributed by atoms with Gasteiger partial charge in [0.2, 0.25) is 0 Å². The van der Waals surface area contributed by atoms with Crippen molar-refractivity contribution in [2.75, 3.05) is 6.61 Å². The number of hydrogen-bond donors (Lipinski definition) is 1. The topological polar surface area (TPSA) is 96.4 Å². The number of aliphatic hydroxyl groups is 1. The number of nitro groups is 1. The first-order valence-electron chi connectivity index (χ1n) is 6.60. The van der Waals surface area contributed by atoms with E-state index < -0.39 is 4.92 Å². The van der Waals surface area contributed by atoms with E-state index in [1.807, 2.05) is 6.07 Å². The smallest absolute Gasteiger partial charge is 0.328 e. The molecule has 0 spiro atoms. The molecule has 1 N–H and O–H groups in total. The van der Waals surface area contributed by atoms with Gasteiger partial charge in [-0.15, -0.1) is 0 Å². The Labute approximate surface area is 116 Å². The number of nitriles is 1. The number of rotatable bonds is 4. The molecule has 106 valence electrons. The lowest BCUT2D eigenvalue weighted by atomic mass is 9.88. The third-order valence-corrected chi connectivity index (χ3v) is 3.65. The summed E-state index contributed by atoms with van der Waals surface area (Å²) in [7, 11) is 0. The lowest BCUT2D eigenvalue weighted by molar-refractivity contribution is -0.386. The average Bonchev–Trinajstić information content (AvgIpc) is 2.47. The fourth-order valence-corrected chi connectivity index (χ4v) is 2.51. The van der Waals surface area contributed by atoms with Crippen LogP contribution in [0.15, 0.2) is 18.2 Å². The molecule has 0 aliphatic heterocycles. The van der Waals surface area contributed by atoms with Gasteiger partial charge in [-0.05, 0) is 43.7 Å². The van der Waals surface area contributed by atoms with E-state index in [0.29, 0.717) is 5.92 Å². The molecular formula is C14H16N2O4. The Morgan fingerprint density at radius 1 is 1.40 bits per heavy atom. The van der Waals surface area contributed by atoms with Gasteiger partial charge in [0.05, 0.1) is 11.0 Å². The van der Waals surface area contributed by atoms with Crippen LogP contribution in [0.5, 0.6) is 5.75 Å². The molecule has 1 aliphatic rings. The first-order chi connectivity index (χ1) is 9.65. The van der Waals surface area contributed by atoms with Crippen LogP contribution < -0.4 is 4.74 Å². The number of ether oxygens (including phenoxy) is 1. The van der Waals surface area contributed by atoms with Crippen LogP contribution in [-0.4, -0.2) is 22.7 Å². The number of aliphatic hydroxyl groups excluding tert-OH is 1. The summed E-state index contributed by atoms with van der Waals surface area (Å²) in [6.45, 7) is 0.177. The van der Waals surface area contributed by atoms with E-state index in [0.717, 1.165) is 25.7 Å². The maximum atomic E-state index is 11.1. The first kappa shape index (κ1) is 14.3. The molecule has 0 saturated heterocycles. The molecule has 1 aliphatic carbocycles. The summed E-state index contributed by atoms with van der Waals surface area (Å²) in [5.41, 5.74) is -0.254. The van der Waals surface area contributed by atoms with E-state index in [1.54, 1.807) is 6.07 Å². The van der Waals surface area contributed by atoms with Crippen molar-refractivity contribution in [2.45, 2.75) is 31.8 Å². The van der Waals surface area contributed by atoms with E-state index in [4.69, 9.17) is 15.1 Å².